The summed E-state index contributed by atoms with van der Waals surface area (Å²) >= 11 is 4.82. The summed E-state index contributed by atoms with van der Waals surface area (Å²) in [7, 11) is 0. The largest absolute Gasteiger partial charge is 0.302 e. The molecule has 0 aromatic carbocycles. The van der Waals surface area contributed by atoms with E-state index in [9.17, 15) is 9.59 Å². The first kappa shape index (κ1) is 13.8. The third-order valence-electron chi connectivity index (χ3n) is 3.13. The third kappa shape index (κ3) is 2.24. The molecule has 5 heteroatoms. The zero-order valence-electron chi connectivity index (χ0n) is 10.4. The normalized spacial score (nSPS) is 19.9. The number of amides is 2. The van der Waals surface area contributed by atoms with E-state index in [0.29, 0.717) is 12.8 Å². The first-order chi connectivity index (χ1) is 8.02. The summed E-state index contributed by atoms with van der Waals surface area (Å²) in [6.07, 6.45) is 3.78. The van der Waals surface area contributed by atoms with Gasteiger partial charge in [-0.3, -0.25) is 9.59 Å². The van der Waals surface area contributed by atoms with E-state index in [1.165, 1.54) is 0 Å². The Morgan fingerprint density at radius 3 is 2.18 bits per heavy atom. The lowest BCUT2D eigenvalue weighted by Crippen LogP contribution is -2.62. The van der Waals surface area contributed by atoms with Gasteiger partial charge in [0.2, 0.25) is 11.8 Å². The number of hydrogen-bond acceptors (Lipinski definition) is 3. The third-order valence-corrected chi connectivity index (χ3v) is 3.34. The Bertz CT molecular complexity index is 368. The van der Waals surface area contributed by atoms with Crippen molar-refractivity contribution in [3.8, 4) is 0 Å². The molecule has 1 aliphatic rings. The minimum Gasteiger partial charge on any atom is -0.302 e. The van der Waals surface area contributed by atoms with Crippen molar-refractivity contribution in [2.24, 2.45) is 5.41 Å². The van der Waals surface area contributed by atoms with Gasteiger partial charge in [-0.2, -0.15) is 0 Å². The molecule has 0 aromatic rings. The lowest BCUT2D eigenvalue weighted by Gasteiger charge is -2.36. The highest BCUT2D eigenvalue weighted by Crippen LogP contribution is 2.37. The van der Waals surface area contributed by atoms with Crippen molar-refractivity contribution < 1.29 is 9.59 Å². The number of allylic oxidation sites excluding steroid dienone is 1. The van der Waals surface area contributed by atoms with Crippen molar-refractivity contribution in [1.29, 1.82) is 0 Å². The molecule has 4 nitrogen and oxygen atoms in total. The van der Waals surface area contributed by atoms with Gasteiger partial charge in [-0.1, -0.05) is 26.3 Å². The molecule has 94 valence electrons. The second-order valence-electron chi connectivity index (χ2n) is 4.06. The second-order valence-corrected chi connectivity index (χ2v) is 4.47. The average Bonchev–Trinajstić information content (AvgIpc) is 2.26. The molecule has 0 radical (unpaired) electrons. The van der Waals surface area contributed by atoms with E-state index in [1.807, 2.05) is 26.8 Å². The standard InChI is InChI=1S/C12H18N2O2S/c1-4-7-12(8(5-2)6-3)9(15)13-11(17)14-10(12)16/h5H,4,6-7H2,1-3H3,(H2,13,14,15,16,17)/b8-5-. The fourth-order valence-electron chi connectivity index (χ4n) is 2.36. The quantitative estimate of drug-likeness (QED) is 0.456. The van der Waals surface area contributed by atoms with E-state index in [1.54, 1.807) is 0 Å². The van der Waals surface area contributed by atoms with Gasteiger partial charge in [-0.05, 0) is 37.6 Å². The van der Waals surface area contributed by atoms with Gasteiger partial charge in [0.1, 0.15) is 5.41 Å². The predicted octanol–water partition coefficient (Wildman–Crippen LogP) is 1.66. The van der Waals surface area contributed by atoms with Crippen LogP contribution in [0.4, 0.5) is 0 Å². The van der Waals surface area contributed by atoms with E-state index < -0.39 is 5.41 Å². The Hall–Kier alpha value is -1.23. The van der Waals surface area contributed by atoms with Gasteiger partial charge in [0.05, 0.1) is 0 Å². The van der Waals surface area contributed by atoms with Crippen molar-refractivity contribution in [2.75, 3.05) is 0 Å². The van der Waals surface area contributed by atoms with E-state index in [2.05, 4.69) is 10.6 Å². The monoisotopic (exact) mass is 254 g/mol. The van der Waals surface area contributed by atoms with E-state index in [0.717, 1.165) is 12.0 Å². The first-order valence-corrected chi connectivity index (χ1v) is 6.26. The number of nitrogens with one attached hydrogen (secondary N) is 2. The molecule has 0 bridgehead atoms. The maximum absolute atomic E-state index is 12.2. The summed E-state index contributed by atoms with van der Waals surface area (Å²) in [5.74, 6) is -0.605. The molecule has 2 N–H and O–H groups in total. The minimum atomic E-state index is -1.08. The summed E-state index contributed by atoms with van der Waals surface area (Å²) in [5.41, 5.74) is -0.238. The van der Waals surface area contributed by atoms with E-state index >= 15 is 0 Å². The molecule has 0 saturated carbocycles. The minimum absolute atomic E-state index is 0.0956. The molecule has 0 spiro atoms. The smallest absolute Gasteiger partial charge is 0.246 e. The Morgan fingerprint density at radius 1 is 1.29 bits per heavy atom. The van der Waals surface area contributed by atoms with Crippen LogP contribution >= 0.6 is 12.2 Å². The molecule has 1 rings (SSSR count). The van der Waals surface area contributed by atoms with Crippen molar-refractivity contribution >= 4 is 29.1 Å². The highest BCUT2D eigenvalue weighted by molar-refractivity contribution is 7.80. The van der Waals surface area contributed by atoms with Crippen molar-refractivity contribution in [3.05, 3.63) is 11.6 Å². The summed E-state index contributed by atoms with van der Waals surface area (Å²) in [4.78, 5) is 24.4. The molecule has 0 aliphatic carbocycles. The van der Waals surface area contributed by atoms with Crippen molar-refractivity contribution in [2.45, 2.75) is 40.0 Å². The van der Waals surface area contributed by atoms with Crippen LogP contribution in [0.3, 0.4) is 0 Å². The Balaban J connectivity index is 3.26. The molecule has 2 amide bonds. The van der Waals surface area contributed by atoms with Gasteiger partial charge in [-0.15, -0.1) is 0 Å². The number of carbonyl (C=O) groups excluding carboxylic acids is 2. The van der Waals surface area contributed by atoms with Crippen LogP contribution in [0.25, 0.3) is 0 Å². The van der Waals surface area contributed by atoms with Gasteiger partial charge in [0.25, 0.3) is 0 Å². The number of thiocarbonyl (C=S) groups is 1. The van der Waals surface area contributed by atoms with Crippen LogP contribution in [-0.4, -0.2) is 16.9 Å². The topological polar surface area (TPSA) is 58.2 Å². The van der Waals surface area contributed by atoms with Crippen LogP contribution in [0.1, 0.15) is 40.0 Å². The maximum atomic E-state index is 12.2. The van der Waals surface area contributed by atoms with Gasteiger partial charge in [0, 0.05) is 0 Å². The molecule has 1 fully saturated rings. The molecular weight excluding hydrogens is 236 g/mol. The maximum Gasteiger partial charge on any atom is 0.246 e. The summed E-state index contributed by atoms with van der Waals surface area (Å²) in [5, 5.41) is 5.20. The Labute approximate surface area is 107 Å². The van der Waals surface area contributed by atoms with Crippen LogP contribution in [0.15, 0.2) is 11.6 Å². The van der Waals surface area contributed by atoms with Gasteiger partial charge in [-0.25, -0.2) is 0 Å². The summed E-state index contributed by atoms with van der Waals surface area (Å²) in [6.45, 7) is 5.75. The van der Waals surface area contributed by atoms with Gasteiger partial charge < -0.3 is 10.6 Å². The fourth-order valence-corrected chi connectivity index (χ4v) is 2.55. The summed E-state index contributed by atoms with van der Waals surface area (Å²) in [6, 6.07) is 0. The molecule has 17 heavy (non-hydrogen) atoms. The van der Waals surface area contributed by atoms with Crippen LogP contribution in [0, 0.1) is 5.41 Å². The average molecular weight is 254 g/mol. The van der Waals surface area contributed by atoms with Crippen molar-refractivity contribution in [3.63, 3.8) is 0 Å². The number of hydrogen-bond donors (Lipinski definition) is 2. The summed E-state index contributed by atoms with van der Waals surface area (Å²) < 4.78 is 0. The molecule has 0 atom stereocenters. The molecule has 1 saturated heterocycles. The first-order valence-electron chi connectivity index (χ1n) is 5.85. The Kier molecular flexibility index (Phi) is 4.40. The highest BCUT2D eigenvalue weighted by Gasteiger charge is 2.50. The van der Waals surface area contributed by atoms with Gasteiger partial charge >= 0.3 is 0 Å². The molecule has 0 aromatic heterocycles. The van der Waals surface area contributed by atoms with Crippen LogP contribution in [0.2, 0.25) is 0 Å². The zero-order valence-corrected chi connectivity index (χ0v) is 11.2. The fraction of sp³-hybridized carbons (Fsp3) is 0.583. The lowest BCUT2D eigenvalue weighted by molar-refractivity contribution is -0.141. The molecule has 0 unspecified atom stereocenters. The van der Waals surface area contributed by atoms with Crippen LogP contribution in [0.5, 0.6) is 0 Å². The molecular formula is C12H18N2O2S. The highest BCUT2D eigenvalue weighted by atomic mass is 32.1. The molecule has 1 aliphatic heterocycles. The van der Waals surface area contributed by atoms with E-state index in [-0.39, 0.29) is 16.9 Å². The number of carbonyl (C=O) groups is 2. The predicted molar refractivity (Wildman–Crippen MR) is 70.3 cm³/mol. The SMILES string of the molecule is C/C=C(/CC)C1(CCC)C(=O)NC(=S)NC1=O. The Morgan fingerprint density at radius 2 is 1.82 bits per heavy atom. The van der Waals surface area contributed by atoms with Crippen LogP contribution in [-0.2, 0) is 9.59 Å². The van der Waals surface area contributed by atoms with Crippen LogP contribution < -0.4 is 10.6 Å². The second kappa shape index (κ2) is 5.40. The van der Waals surface area contributed by atoms with Crippen molar-refractivity contribution in [1.82, 2.24) is 10.6 Å². The van der Waals surface area contributed by atoms with Gasteiger partial charge in [0.15, 0.2) is 5.11 Å². The van der Waals surface area contributed by atoms with E-state index in [4.69, 9.17) is 12.2 Å². The number of rotatable bonds is 4. The lowest BCUT2D eigenvalue weighted by atomic mass is 9.72. The zero-order chi connectivity index (χ0) is 13.1. The molecule has 1 heterocycles.